The molecule has 0 fully saturated rings. The molecule has 1 atom stereocenters. The quantitative estimate of drug-likeness (QED) is 0.875. The Hall–Kier alpha value is -1.87. The SMILES string of the molecule is CCNC(c1ccccn1)c1ccccc1OC. The molecule has 0 aliphatic carbocycles. The van der Waals surface area contributed by atoms with Crippen LogP contribution in [0.4, 0.5) is 0 Å². The largest absolute Gasteiger partial charge is 0.496 e. The van der Waals surface area contributed by atoms with Gasteiger partial charge in [0.05, 0.1) is 18.8 Å². The molecule has 0 aliphatic rings. The first-order chi connectivity index (χ1) is 8.86. The number of methoxy groups -OCH3 is 1. The smallest absolute Gasteiger partial charge is 0.124 e. The zero-order valence-corrected chi connectivity index (χ0v) is 10.8. The maximum atomic E-state index is 5.43. The number of nitrogens with zero attached hydrogens (tertiary/aromatic N) is 1. The van der Waals surface area contributed by atoms with Crippen molar-refractivity contribution in [3.05, 3.63) is 59.9 Å². The topological polar surface area (TPSA) is 34.2 Å². The van der Waals surface area contributed by atoms with Gasteiger partial charge >= 0.3 is 0 Å². The van der Waals surface area contributed by atoms with Crippen LogP contribution in [0.1, 0.15) is 24.2 Å². The Kier molecular flexibility index (Phi) is 4.31. The molecule has 1 heterocycles. The van der Waals surface area contributed by atoms with Gasteiger partial charge in [0.15, 0.2) is 0 Å². The minimum atomic E-state index is 0.0624. The molecule has 94 valence electrons. The van der Waals surface area contributed by atoms with E-state index in [0.717, 1.165) is 23.6 Å². The van der Waals surface area contributed by atoms with Gasteiger partial charge < -0.3 is 10.1 Å². The Bertz CT molecular complexity index is 485. The molecule has 18 heavy (non-hydrogen) atoms. The maximum Gasteiger partial charge on any atom is 0.124 e. The number of rotatable bonds is 5. The number of pyridine rings is 1. The number of para-hydroxylation sites is 1. The summed E-state index contributed by atoms with van der Waals surface area (Å²) in [5.41, 5.74) is 2.12. The van der Waals surface area contributed by atoms with E-state index in [1.54, 1.807) is 7.11 Å². The molecule has 0 aliphatic heterocycles. The summed E-state index contributed by atoms with van der Waals surface area (Å²) in [5.74, 6) is 0.883. The monoisotopic (exact) mass is 242 g/mol. The third kappa shape index (κ3) is 2.68. The normalized spacial score (nSPS) is 12.1. The molecule has 3 nitrogen and oxygen atoms in total. The van der Waals surface area contributed by atoms with Crippen molar-refractivity contribution < 1.29 is 4.74 Å². The highest BCUT2D eigenvalue weighted by molar-refractivity contribution is 5.39. The lowest BCUT2D eigenvalue weighted by Gasteiger charge is -2.20. The van der Waals surface area contributed by atoms with E-state index in [0.29, 0.717) is 0 Å². The van der Waals surface area contributed by atoms with E-state index < -0.39 is 0 Å². The van der Waals surface area contributed by atoms with Crippen molar-refractivity contribution in [1.29, 1.82) is 0 Å². The van der Waals surface area contributed by atoms with Gasteiger partial charge in [0, 0.05) is 11.8 Å². The predicted octanol–water partition coefficient (Wildman–Crippen LogP) is 2.79. The fourth-order valence-electron chi connectivity index (χ4n) is 2.03. The minimum Gasteiger partial charge on any atom is -0.496 e. The van der Waals surface area contributed by atoms with Gasteiger partial charge in [0.1, 0.15) is 5.75 Å². The Balaban J connectivity index is 2.41. The molecule has 0 bridgehead atoms. The third-order valence-electron chi connectivity index (χ3n) is 2.84. The van der Waals surface area contributed by atoms with Crippen molar-refractivity contribution in [2.75, 3.05) is 13.7 Å². The Morgan fingerprint density at radius 1 is 1.17 bits per heavy atom. The van der Waals surface area contributed by atoms with Crippen molar-refractivity contribution in [3.8, 4) is 5.75 Å². The standard InChI is InChI=1S/C15H18N2O/c1-3-16-15(13-9-6-7-11-17-13)12-8-4-5-10-14(12)18-2/h4-11,15-16H,3H2,1-2H3. The van der Waals surface area contributed by atoms with Gasteiger partial charge in [-0.3, -0.25) is 4.98 Å². The van der Waals surface area contributed by atoms with Crippen LogP contribution in [-0.4, -0.2) is 18.6 Å². The number of nitrogens with one attached hydrogen (secondary N) is 1. The van der Waals surface area contributed by atoms with Gasteiger partial charge in [0.2, 0.25) is 0 Å². The van der Waals surface area contributed by atoms with Crippen molar-refractivity contribution in [1.82, 2.24) is 10.3 Å². The lowest BCUT2D eigenvalue weighted by Crippen LogP contribution is -2.23. The molecule has 2 rings (SSSR count). The first kappa shape index (κ1) is 12.6. The molecule has 0 amide bonds. The van der Waals surface area contributed by atoms with E-state index in [-0.39, 0.29) is 6.04 Å². The highest BCUT2D eigenvalue weighted by Crippen LogP contribution is 2.28. The Morgan fingerprint density at radius 3 is 2.61 bits per heavy atom. The third-order valence-corrected chi connectivity index (χ3v) is 2.84. The lowest BCUT2D eigenvalue weighted by atomic mass is 10.0. The summed E-state index contributed by atoms with van der Waals surface area (Å²) in [6, 6.07) is 14.1. The van der Waals surface area contributed by atoms with E-state index in [9.17, 15) is 0 Å². The second-order valence-corrected chi connectivity index (χ2v) is 3.99. The summed E-state index contributed by atoms with van der Waals surface area (Å²) in [6.45, 7) is 2.96. The molecular formula is C15H18N2O. The summed E-state index contributed by atoms with van der Waals surface area (Å²) in [6.07, 6.45) is 1.81. The Labute approximate surface area is 108 Å². The second kappa shape index (κ2) is 6.17. The van der Waals surface area contributed by atoms with Gasteiger partial charge in [0.25, 0.3) is 0 Å². The van der Waals surface area contributed by atoms with E-state index in [1.165, 1.54) is 0 Å². The van der Waals surface area contributed by atoms with Crippen LogP contribution in [0.2, 0.25) is 0 Å². The predicted molar refractivity (Wildman–Crippen MR) is 72.8 cm³/mol. The summed E-state index contributed by atoms with van der Waals surface area (Å²) >= 11 is 0. The zero-order valence-electron chi connectivity index (χ0n) is 10.8. The van der Waals surface area contributed by atoms with E-state index in [4.69, 9.17) is 4.74 Å². The zero-order chi connectivity index (χ0) is 12.8. The van der Waals surface area contributed by atoms with Crippen LogP contribution in [0.15, 0.2) is 48.7 Å². The minimum absolute atomic E-state index is 0.0624. The van der Waals surface area contributed by atoms with Gasteiger partial charge in [-0.2, -0.15) is 0 Å². The molecule has 1 aromatic carbocycles. The molecule has 1 aromatic heterocycles. The summed E-state index contributed by atoms with van der Waals surface area (Å²) in [4.78, 5) is 4.43. The first-order valence-corrected chi connectivity index (χ1v) is 6.14. The maximum absolute atomic E-state index is 5.43. The van der Waals surface area contributed by atoms with Crippen LogP contribution >= 0.6 is 0 Å². The molecule has 0 radical (unpaired) electrons. The Morgan fingerprint density at radius 2 is 1.94 bits per heavy atom. The molecule has 1 unspecified atom stereocenters. The molecule has 0 saturated carbocycles. The second-order valence-electron chi connectivity index (χ2n) is 3.99. The van der Waals surface area contributed by atoms with Gasteiger partial charge in [-0.25, -0.2) is 0 Å². The first-order valence-electron chi connectivity index (χ1n) is 6.14. The molecule has 0 saturated heterocycles. The van der Waals surface area contributed by atoms with Crippen LogP contribution in [-0.2, 0) is 0 Å². The fraction of sp³-hybridized carbons (Fsp3) is 0.267. The fourth-order valence-corrected chi connectivity index (χ4v) is 2.03. The lowest BCUT2D eigenvalue weighted by molar-refractivity contribution is 0.404. The molecular weight excluding hydrogens is 224 g/mol. The summed E-state index contributed by atoms with van der Waals surface area (Å²) < 4.78 is 5.43. The summed E-state index contributed by atoms with van der Waals surface area (Å²) in [5, 5.41) is 3.45. The average molecular weight is 242 g/mol. The van der Waals surface area contributed by atoms with E-state index in [1.807, 2.05) is 42.6 Å². The van der Waals surface area contributed by atoms with Crippen LogP contribution in [0, 0.1) is 0 Å². The number of hydrogen-bond donors (Lipinski definition) is 1. The number of ether oxygens (including phenoxy) is 1. The highest BCUT2D eigenvalue weighted by atomic mass is 16.5. The number of hydrogen-bond acceptors (Lipinski definition) is 3. The van der Waals surface area contributed by atoms with Crippen molar-refractivity contribution in [3.63, 3.8) is 0 Å². The van der Waals surface area contributed by atoms with Crippen molar-refractivity contribution >= 4 is 0 Å². The van der Waals surface area contributed by atoms with Crippen molar-refractivity contribution in [2.24, 2.45) is 0 Å². The molecule has 2 aromatic rings. The highest BCUT2D eigenvalue weighted by Gasteiger charge is 2.17. The summed E-state index contributed by atoms with van der Waals surface area (Å²) in [7, 11) is 1.69. The molecule has 3 heteroatoms. The van der Waals surface area contributed by atoms with Crippen LogP contribution < -0.4 is 10.1 Å². The van der Waals surface area contributed by atoms with E-state index >= 15 is 0 Å². The number of aromatic nitrogens is 1. The average Bonchev–Trinajstić information content (AvgIpc) is 2.46. The van der Waals surface area contributed by atoms with Gasteiger partial charge in [-0.15, -0.1) is 0 Å². The van der Waals surface area contributed by atoms with Gasteiger partial charge in [-0.1, -0.05) is 31.2 Å². The molecule has 1 N–H and O–H groups in total. The molecule has 0 spiro atoms. The number of benzene rings is 1. The van der Waals surface area contributed by atoms with Crippen LogP contribution in [0.25, 0.3) is 0 Å². The van der Waals surface area contributed by atoms with E-state index in [2.05, 4.69) is 23.3 Å². The van der Waals surface area contributed by atoms with Crippen LogP contribution in [0.3, 0.4) is 0 Å². The van der Waals surface area contributed by atoms with Crippen LogP contribution in [0.5, 0.6) is 5.75 Å². The van der Waals surface area contributed by atoms with Crippen molar-refractivity contribution in [2.45, 2.75) is 13.0 Å². The van der Waals surface area contributed by atoms with Gasteiger partial charge in [-0.05, 0) is 24.7 Å².